The number of hydrogen-bond acceptors (Lipinski definition) is 8. The zero-order valence-corrected chi connectivity index (χ0v) is 26.3. The van der Waals surface area contributed by atoms with Crippen LogP contribution in [-0.4, -0.2) is 72.3 Å². The monoisotopic (exact) mass is 671 g/mol. The largest absolute Gasteiger partial charge is 0.416 e. The maximum absolute atomic E-state index is 14.7. The molecule has 3 aromatic rings. The predicted octanol–water partition coefficient (Wildman–Crippen LogP) is 4.89. The maximum atomic E-state index is 14.7. The Balaban J connectivity index is 1.38. The van der Waals surface area contributed by atoms with Crippen LogP contribution in [0.15, 0.2) is 59.9 Å². The van der Waals surface area contributed by atoms with Gasteiger partial charge >= 0.3 is 6.18 Å². The Morgan fingerprint density at radius 3 is 2.54 bits per heavy atom. The number of ether oxygens (including phenoxy) is 1. The van der Waals surface area contributed by atoms with E-state index in [1.54, 1.807) is 25.0 Å². The minimum absolute atomic E-state index is 0.00512. The van der Waals surface area contributed by atoms with E-state index in [1.807, 2.05) is 4.90 Å². The van der Waals surface area contributed by atoms with Gasteiger partial charge in [0.05, 0.1) is 36.5 Å². The summed E-state index contributed by atoms with van der Waals surface area (Å²) >= 11 is 0. The fraction of sp³-hybridized carbons (Fsp3) is 0.364. The van der Waals surface area contributed by atoms with E-state index in [9.17, 15) is 31.5 Å². The molecule has 2 fully saturated rings. The smallest absolute Gasteiger partial charge is 0.400 e. The minimum atomic E-state index is -4.69. The van der Waals surface area contributed by atoms with Gasteiger partial charge in [-0.05, 0) is 50.1 Å². The lowest BCUT2D eigenvalue weighted by Gasteiger charge is -2.47. The molecule has 0 saturated carbocycles. The SMILES string of the molecule is CNc1cc(-c2cc(C(F)(F)F)ccc2NC(=O)C2=C(N)[C@@]3(C)CCCN3N(Cc3cccc(F)c3F)C2=O)cnc1N1CCOCC1. The van der Waals surface area contributed by atoms with Crippen LogP contribution < -0.4 is 21.3 Å². The quantitative estimate of drug-likeness (QED) is 0.241. The Bertz CT molecular complexity index is 1790. The van der Waals surface area contributed by atoms with E-state index in [2.05, 4.69) is 15.6 Å². The molecule has 2 amide bonds. The maximum Gasteiger partial charge on any atom is 0.416 e. The summed E-state index contributed by atoms with van der Waals surface area (Å²) in [5, 5.41) is 8.49. The number of morpholine rings is 1. The van der Waals surface area contributed by atoms with Crippen molar-refractivity contribution in [1.29, 1.82) is 0 Å². The number of halogens is 5. The number of benzene rings is 2. The summed E-state index contributed by atoms with van der Waals surface area (Å²) in [6.07, 6.45) is -2.21. The number of anilines is 3. The molecule has 1 aromatic heterocycles. The third-order valence-electron chi connectivity index (χ3n) is 9.12. The second-order valence-electron chi connectivity index (χ2n) is 12.0. The van der Waals surface area contributed by atoms with Gasteiger partial charge in [-0.15, -0.1) is 0 Å². The third-order valence-corrected chi connectivity index (χ3v) is 9.12. The number of fused-ring (bicyclic) bond motifs is 1. The average Bonchev–Trinajstić information content (AvgIpc) is 3.47. The Morgan fingerprint density at radius 1 is 1.08 bits per heavy atom. The molecule has 0 bridgehead atoms. The molecule has 48 heavy (non-hydrogen) atoms. The summed E-state index contributed by atoms with van der Waals surface area (Å²) in [5.74, 6) is -3.42. The third kappa shape index (κ3) is 5.92. The van der Waals surface area contributed by atoms with Crippen molar-refractivity contribution >= 4 is 29.0 Å². The number of carbonyl (C=O) groups excluding carboxylic acids is 2. The molecule has 4 heterocycles. The molecule has 6 rings (SSSR count). The van der Waals surface area contributed by atoms with Crippen LogP contribution in [0.4, 0.5) is 39.1 Å². The zero-order valence-electron chi connectivity index (χ0n) is 26.3. The number of carbonyl (C=O) groups is 2. The predicted molar refractivity (Wildman–Crippen MR) is 168 cm³/mol. The van der Waals surface area contributed by atoms with Gasteiger partial charge < -0.3 is 26.0 Å². The second-order valence-corrected chi connectivity index (χ2v) is 12.0. The number of nitrogens with two attached hydrogens (primary N) is 1. The van der Waals surface area contributed by atoms with Gasteiger partial charge in [-0.2, -0.15) is 13.2 Å². The van der Waals surface area contributed by atoms with Crippen LogP contribution in [0.25, 0.3) is 11.1 Å². The van der Waals surface area contributed by atoms with E-state index in [0.717, 1.165) is 24.3 Å². The van der Waals surface area contributed by atoms with Crippen LogP contribution in [0.1, 0.15) is 30.9 Å². The topological polar surface area (TPSA) is 116 Å². The number of aromatic nitrogens is 1. The average molecular weight is 672 g/mol. The van der Waals surface area contributed by atoms with Gasteiger partial charge in [-0.1, -0.05) is 12.1 Å². The highest BCUT2D eigenvalue weighted by atomic mass is 19.4. The molecule has 3 aliphatic heterocycles. The number of amides is 2. The molecule has 2 saturated heterocycles. The van der Waals surface area contributed by atoms with Gasteiger partial charge in [0, 0.05) is 61.0 Å². The van der Waals surface area contributed by atoms with E-state index < -0.39 is 46.3 Å². The van der Waals surface area contributed by atoms with Gasteiger partial charge in [0.25, 0.3) is 11.8 Å². The number of alkyl halides is 3. The van der Waals surface area contributed by atoms with E-state index in [0.29, 0.717) is 57.2 Å². The van der Waals surface area contributed by atoms with E-state index in [4.69, 9.17) is 10.5 Å². The Morgan fingerprint density at radius 2 is 1.83 bits per heavy atom. The number of rotatable bonds is 7. The fourth-order valence-electron chi connectivity index (χ4n) is 6.51. The normalized spacial score (nSPS) is 20.3. The van der Waals surface area contributed by atoms with Crippen molar-refractivity contribution in [3.8, 4) is 11.1 Å². The zero-order chi connectivity index (χ0) is 34.4. The summed E-state index contributed by atoms with van der Waals surface area (Å²) in [4.78, 5) is 34.5. The molecule has 1 atom stereocenters. The van der Waals surface area contributed by atoms with Crippen LogP contribution in [-0.2, 0) is 27.0 Å². The summed E-state index contributed by atoms with van der Waals surface area (Å²) in [6, 6.07) is 8.09. The van der Waals surface area contributed by atoms with Crippen molar-refractivity contribution < 1.29 is 36.3 Å². The number of hydrogen-bond donors (Lipinski definition) is 3. The molecule has 0 spiro atoms. The van der Waals surface area contributed by atoms with Crippen molar-refractivity contribution in [3.05, 3.63) is 82.7 Å². The van der Waals surface area contributed by atoms with Crippen molar-refractivity contribution in [1.82, 2.24) is 15.0 Å². The minimum Gasteiger partial charge on any atom is -0.400 e. The number of hydrazine groups is 1. The Hall–Kier alpha value is -4.76. The first-order chi connectivity index (χ1) is 22.8. The molecule has 0 unspecified atom stereocenters. The highest BCUT2D eigenvalue weighted by Crippen LogP contribution is 2.42. The number of nitrogens with one attached hydrogen (secondary N) is 2. The molecule has 0 radical (unpaired) electrons. The summed E-state index contributed by atoms with van der Waals surface area (Å²) in [7, 11) is 1.66. The van der Waals surface area contributed by atoms with Crippen molar-refractivity contribution in [2.24, 2.45) is 5.73 Å². The van der Waals surface area contributed by atoms with E-state index in [-0.39, 0.29) is 34.6 Å². The molecule has 2 aromatic carbocycles. The van der Waals surface area contributed by atoms with Gasteiger partial charge in [-0.25, -0.2) is 18.8 Å². The molecular weight excluding hydrogens is 637 g/mol. The van der Waals surface area contributed by atoms with Gasteiger partial charge in [-0.3, -0.25) is 14.6 Å². The summed E-state index contributed by atoms with van der Waals surface area (Å²) in [6.45, 7) is 3.90. The highest BCUT2D eigenvalue weighted by molar-refractivity contribution is 6.24. The lowest BCUT2D eigenvalue weighted by Crippen LogP contribution is -2.62. The first-order valence-corrected chi connectivity index (χ1v) is 15.4. The first kappa shape index (κ1) is 33.2. The lowest BCUT2D eigenvalue weighted by molar-refractivity contribution is -0.157. The molecule has 15 heteroatoms. The van der Waals surface area contributed by atoms with Crippen LogP contribution in [0.2, 0.25) is 0 Å². The van der Waals surface area contributed by atoms with Crippen molar-refractivity contribution in [2.45, 2.75) is 38.0 Å². The van der Waals surface area contributed by atoms with Crippen molar-refractivity contribution in [2.75, 3.05) is 55.4 Å². The Kier molecular flexibility index (Phi) is 8.76. The Labute approximate surface area is 273 Å². The molecule has 10 nitrogen and oxygen atoms in total. The van der Waals surface area contributed by atoms with Crippen LogP contribution >= 0.6 is 0 Å². The van der Waals surface area contributed by atoms with Crippen molar-refractivity contribution in [3.63, 3.8) is 0 Å². The molecule has 4 N–H and O–H groups in total. The summed E-state index contributed by atoms with van der Waals surface area (Å²) < 4.78 is 75.9. The highest BCUT2D eigenvalue weighted by Gasteiger charge is 2.51. The van der Waals surface area contributed by atoms with Crippen LogP contribution in [0, 0.1) is 11.6 Å². The van der Waals surface area contributed by atoms with E-state index >= 15 is 0 Å². The number of nitrogens with zero attached hydrogens (tertiary/aromatic N) is 4. The van der Waals surface area contributed by atoms with Gasteiger partial charge in [0.1, 0.15) is 5.57 Å². The fourth-order valence-corrected chi connectivity index (χ4v) is 6.51. The van der Waals surface area contributed by atoms with Gasteiger partial charge in [0.15, 0.2) is 17.5 Å². The standard InChI is InChI=1S/C33H34F5N7O3/c1-32-9-4-10-45(32)44(18-19-5-3-6-23(34)27(19)35)31(47)26(28(32)39)30(46)42-24-8-7-21(33(36,37)38)16-22(24)20-15-25(40-2)29(41-17-20)43-11-13-48-14-12-43/h3,5-8,15-17,40H,4,9-14,18,39H2,1-2H3,(H,42,46)/t32-/m1/s1. The lowest BCUT2D eigenvalue weighted by atomic mass is 9.89. The molecule has 254 valence electrons. The second kappa shape index (κ2) is 12.7. The molecule has 0 aliphatic carbocycles. The van der Waals surface area contributed by atoms with Gasteiger partial charge in [0.2, 0.25) is 0 Å². The first-order valence-electron chi connectivity index (χ1n) is 15.4. The number of pyridine rings is 1. The summed E-state index contributed by atoms with van der Waals surface area (Å²) in [5.41, 5.74) is 4.80. The van der Waals surface area contributed by atoms with Crippen LogP contribution in [0.3, 0.4) is 0 Å². The molecular formula is C33H34F5N7O3. The van der Waals surface area contributed by atoms with Crippen LogP contribution in [0.5, 0.6) is 0 Å². The molecule has 3 aliphatic rings. The van der Waals surface area contributed by atoms with E-state index in [1.165, 1.54) is 23.3 Å².